The number of nitrogens with one attached hydrogen (secondary N) is 2. The van der Waals surface area contributed by atoms with Gasteiger partial charge < -0.3 is 19.9 Å². The van der Waals surface area contributed by atoms with Crippen molar-refractivity contribution in [1.29, 1.82) is 0 Å². The Morgan fingerprint density at radius 3 is 2.46 bits per heavy atom. The molecule has 2 aromatic carbocycles. The minimum absolute atomic E-state index is 0.0285. The second kappa shape index (κ2) is 9.43. The third-order valence-electron chi connectivity index (χ3n) is 4.03. The first-order valence-corrected chi connectivity index (χ1v) is 10.2. The van der Waals surface area contributed by atoms with E-state index in [1.165, 1.54) is 27.2 Å². The smallest absolute Gasteiger partial charge is 0.251 e. The minimum atomic E-state index is -3.43. The molecular weight excluding hydrogens is 384 g/mol. The van der Waals surface area contributed by atoms with E-state index in [9.17, 15) is 18.3 Å². The van der Waals surface area contributed by atoms with Crippen LogP contribution in [0.1, 0.15) is 28.9 Å². The summed E-state index contributed by atoms with van der Waals surface area (Å²) in [6, 6.07) is 11.1. The number of carbonyl (C=O) groups excluding carboxylic acids is 1. The van der Waals surface area contributed by atoms with Crippen LogP contribution in [0.15, 0.2) is 42.5 Å². The first-order valence-electron chi connectivity index (χ1n) is 8.58. The van der Waals surface area contributed by atoms with Crippen LogP contribution in [0.4, 0.5) is 5.69 Å². The van der Waals surface area contributed by atoms with Crippen molar-refractivity contribution in [3.05, 3.63) is 53.6 Å². The molecule has 0 aliphatic rings. The molecule has 9 heteroatoms. The number of aliphatic hydroxyl groups excluding tert-OH is 1. The number of benzene rings is 2. The normalized spacial score (nSPS) is 12.1. The lowest BCUT2D eigenvalue weighted by Crippen LogP contribution is -2.28. The molecule has 8 nitrogen and oxygen atoms in total. The van der Waals surface area contributed by atoms with E-state index in [0.29, 0.717) is 22.7 Å². The number of hydrogen-bond acceptors (Lipinski definition) is 6. The zero-order valence-electron chi connectivity index (χ0n) is 15.9. The average Bonchev–Trinajstić information content (AvgIpc) is 2.71. The van der Waals surface area contributed by atoms with Crippen molar-refractivity contribution in [2.75, 3.05) is 31.2 Å². The molecule has 0 heterocycles. The van der Waals surface area contributed by atoms with Crippen LogP contribution in [-0.2, 0) is 10.0 Å². The maximum atomic E-state index is 12.3. The maximum absolute atomic E-state index is 12.3. The van der Waals surface area contributed by atoms with Crippen molar-refractivity contribution in [2.24, 2.45) is 0 Å². The third kappa shape index (κ3) is 5.61. The molecule has 0 aliphatic carbocycles. The summed E-state index contributed by atoms with van der Waals surface area (Å²) in [5.74, 6) is 0.508. The molecule has 1 amide bonds. The molecule has 1 atom stereocenters. The molecule has 0 saturated heterocycles. The monoisotopic (exact) mass is 408 g/mol. The number of ether oxygens (including phenoxy) is 2. The summed E-state index contributed by atoms with van der Waals surface area (Å²) in [6.45, 7) is 1.49. The Balaban J connectivity index is 2.04. The van der Waals surface area contributed by atoms with Gasteiger partial charge in [-0.25, -0.2) is 8.42 Å². The number of hydrogen-bond donors (Lipinski definition) is 3. The van der Waals surface area contributed by atoms with Crippen molar-refractivity contribution in [2.45, 2.75) is 13.0 Å². The number of amides is 1. The number of carbonyl (C=O) groups is 1. The number of methoxy groups -OCH3 is 2. The summed E-state index contributed by atoms with van der Waals surface area (Å²) in [5.41, 5.74) is 1.13. The highest BCUT2D eigenvalue weighted by molar-refractivity contribution is 7.92. The molecule has 0 fully saturated rings. The quantitative estimate of drug-likeness (QED) is 0.584. The Morgan fingerprint density at radius 2 is 1.82 bits per heavy atom. The SMILES string of the molecule is CCS(=O)(=O)Nc1cccc(C(=O)NCC(O)c2ccc(OC)c(OC)c2)c1. The van der Waals surface area contributed by atoms with Gasteiger partial charge in [0.05, 0.1) is 26.1 Å². The van der Waals surface area contributed by atoms with Crippen LogP contribution in [0.2, 0.25) is 0 Å². The zero-order chi connectivity index (χ0) is 20.7. The summed E-state index contributed by atoms with van der Waals surface area (Å²) in [5, 5.41) is 13.0. The molecule has 0 radical (unpaired) electrons. The van der Waals surface area contributed by atoms with Crippen molar-refractivity contribution in [3.63, 3.8) is 0 Å². The fraction of sp³-hybridized carbons (Fsp3) is 0.316. The summed E-state index contributed by atoms with van der Waals surface area (Å²) in [6.07, 6.45) is -0.953. The van der Waals surface area contributed by atoms with Gasteiger partial charge in [-0.05, 0) is 42.8 Å². The highest BCUT2D eigenvalue weighted by atomic mass is 32.2. The lowest BCUT2D eigenvalue weighted by atomic mass is 10.1. The Labute approximate surface area is 164 Å². The van der Waals surface area contributed by atoms with E-state index in [2.05, 4.69) is 10.0 Å². The topological polar surface area (TPSA) is 114 Å². The van der Waals surface area contributed by atoms with Crippen molar-refractivity contribution >= 4 is 21.6 Å². The maximum Gasteiger partial charge on any atom is 0.251 e. The van der Waals surface area contributed by atoms with E-state index >= 15 is 0 Å². The molecule has 2 aromatic rings. The first kappa shape index (κ1) is 21.5. The van der Waals surface area contributed by atoms with Crippen molar-refractivity contribution < 1.29 is 27.8 Å². The number of rotatable bonds is 9. The predicted octanol–water partition coefficient (Wildman–Crippen LogP) is 1.93. The van der Waals surface area contributed by atoms with Crippen LogP contribution in [0.3, 0.4) is 0 Å². The van der Waals surface area contributed by atoms with Crippen LogP contribution >= 0.6 is 0 Å². The number of aliphatic hydroxyl groups is 1. The van der Waals surface area contributed by atoms with Crippen LogP contribution in [0, 0.1) is 0 Å². The molecular formula is C19H24N2O6S. The number of anilines is 1. The molecule has 0 saturated carbocycles. The van der Waals surface area contributed by atoms with Crippen molar-refractivity contribution in [3.8, 4) is 11.5 Å². The molecule has 1 unspecified atom stereocenters. The van der Waals surface area contributed by atoms with E-state index in [0.717, 1.165) is 0 Å². The van der Waals surface area contributed by atoms with Crippen LogP contribution in [-0.4, -0.2) is 45.9 Å². The van der Waals surface area contributed by atoms with Gasteiger partial charge in [0.25, 0.3) is 5.91 Å². The Bertz CT molecular complexity index is 930. The van der Waals surface area contributed by atoms with Gasteiger partial charge in [-0.1, -0.05) is 12.1 Å². The van der Waals surface area contributed by atoms with Gasteiger partial charge in [-0.2, -0.15) is 0 Å². The van der Waals surface area contributed by atoms with E-state index in [4.69, 9.17) is 9.47 Å². The molecule has 28 heavy (non-hydrogen) atoms. The Kier molecular flexibility index (Phi) is 7.24. The number of sulfonamides is 1. The van der Waals surface area contributed by atoms with E-state index in [1.54, 1.807) is 36.4 Å². The lowest BCUT2D eigenvalue weighted by Gasteiger charge is -2.15. The minimum Gasteiger partial charge on any atom is -0.493 e. The molecule has 0 spiro atoms. The molecule has 0 aliphatic heterocycles. The van der Waals surface area contributed by atoms with Gasteiger partial charge in [0.2, 0.25) is 10.0 Å². The lowest BCUT2D eigenvalue weighted by molar-refractivity contribution is 0.0916. The van der Waals surface area contributed by atoms with Crippen LogP contribution in [0.5, 0.6) is 11.5 Å². The van der Waals surface area contributed by atoms with Gasteiger partial charge in [-0.15, -0.1) is 0 Å². The Morgan fingerprint density at radius 1 is 1.11 bits per heavy atom. The van der Waals surface area contributed by atoms with Crippen LogP contribution < -0.4 is 19.5 Å². The molecule has 152 valence electrons. The zero-order valence-corrected chi connectivity index (χ0v) is 16.7. The summed E-state index contributed by atoms with van der Waals surface area (Å²) in [7, 11) is -0.421. The van der Waals surface area contributed by atoms with Crippen molar-refractivity contribution in [1.82, 2.24) is 5.32 Å². The fourth-order valence-corrected chi connectivity index (χ4v) is 3.08. The third-order valence-corrected chi connectivity index (χ3v) is 5.33. The van der Waals surface area contributed by atoms with E-state index < -0.39 is 22.0 Å². The molecule has 2 rings (SSSR count). The standard InChI is InChI=1S/C19H24N2O6S/c1-4-28(24,25)21-15-7-5-6-14(10-15)19(23)20-12-16(22)13-8-9-17(26-2)18(11-13)27-3/h5-11,16,21-22H,4,12H2,1-3H3,(H,20,23). The Hall–Kier alpha value is -2.78. The molecule has 3 N–H and O–H groups in total. The molecule has 0 bridgehead atoms. The highest BCUT2D eigenvalue weighted by Gasteiger charge is 2.15. The summed E-state index contributed by atoms with van der Waals surface area (Å²) >= 11 is 0. The first-order chi connectivity index (χ1) is 13.3. The van der Waals surface area contributed by atoms with E-state index in [1.807, 2.05) is 0 Å². The highest BCUT2D eigenvalue weighted by Crippen LogP contribution is 2.29. The molecule has 0 aromatic heterocycles. The van der Waals surface area contributed by atoms with Crippen LogP contribution in [0.25, 0.3) is 0 Å². The largest absolute Gasteiger partial charge is 0.493 e. The fourth-order valence-electron chi connectivity index (χ4n) is 2.45. The van der Waals surface area contributed by atoms with Gasteiger partial charge in [-0.3, -0.25) is 9.52 Å². The predicted molar refractivity (Wildman–Crippen MR) is 106 cm³/mol. The van der Waals surface area contributed by atoms with Gasteiger partial charge >= 0.3 is 0 Å². The summed E-state index contributed by atoms with van der Waals surface area (Å²) < 4.78 is 36.1. The van der Waals surface area contributed by atoms with Gasteiger partial charge in [0.15, 0.2) is 11.5 Å². The van der Waals surface area contributed by atoms with E-state index in [-0.39, 0.29) is 17.9 Å². The van der Waals surface area contributed by atoms with Gasteiger partial charge in [0.1, 0.15) is 0 Å². The van der Waals surface area contributed by atoms with Gasteiger partial charge in [0, 0.05) is 17.8 Å². The second-order valence-corrected chi connectivity index (χ2v) is 7.94. The average molecular weight is 408 g/mol. The second-order valence-electron chi connectivity index (χ2n) is 5.93. The summed E-state index contributed by atoms with van der Waals surface area (Å²) in [4.78, 5) is 12.3.